The van der Waals surface area contributed by atoms with Gasteiger partial charge in [-0.25, -0.2) is 16.8 Å². The van der Waals surface area contributed by atoms with Crippen LogP contribution in [0.15, 0.2) is 131 Å². The zero-order valence-electron chi connectivity index (χ0n) is 24.8. The molecule has 0 aliphatic heterocycles. The molecule has 0 spiro atoms. The predicted octanol–water partition coefficient (Wildman–Crippen LogP) is 0.649. The van der Waals surface area contributed by atoms with E-state index >= 15 is 0 Å². The molecule has 0 bridgehead atoms. The summed E-state index contributed by atoms with van der Waals surface area (Å²) >= 11 is 0. The second-order valence-corrected chi connectivity index (χ2v) is 12.1. The van der Waals surface area contributed by atoms with E-state index < -0.39 is 30.0 Å². The Labute approximate surface area is 313 Å². The van der Waals surface area contributed by atoms with Crippen LogP contribution in [0, 0.1) is 0 Å². The molecule has 15 nitrogen and oxygen atoms in total. The molecule has 0 aromatic heterocycles. The van der Waals surface area contributed by atoms with Crippen molar-refractivity contribution in [3.05, 3.63) is 91.0 Å². The van der Waals surface area contributed by atoms with Gasteiger partial charge in [-0.3, -0.25) is 0 Å². The summed E-state index contributed by atoms with van der Waals surface area (Å²) in [5, 5.41) is 25.0. The summed E-state index contributed by atoms with van der Waals surface area (Å²) in [7, 11) is -9.47. The van der Waals surface area contributed by atoms with Crippen molar-refractivity contribution >= 4 is 82.2 Å². The summed E-state index contributed by atoms with van der Waals surface area (Å²) in [6.07, 6.45) is 0. The van der Waals surface area contributed by atoms with E-state index in [0.29, 0.717) is 16.8 Å². The summed E-state index contributed by atoms with van der Waals surface area (Å²) in [4.78, 5) is -0.902. The predicted molar refractivity (Wildman–Crippen MR) is 165 cm³/mol. The van der Waals surface area contributed by atoms with Gasteiger partial charge < -0.3 is 26.3 Å². The van der Waals surface area contributed by atoms with Gasteiger partial charge in [0.05, 0.1) is 43.9 Å². The zero-order valence-corrected chi connectivity index (χ0v) is 30.5. The summed E-state index contributed by atoms with van der Waals surface area (Å²) in [5.74, 6) is 0. The summed E-state index contributed by atoms with van der Waals surface area (Å²) in [6.45, 7) is 0. The topological polar surface area (TPSA) is 267 Å². The monoisotopic (exact) mass is 689 g/mol. The largest absolute Gasteiger partial charge is 1.00 e. The van der Waals surface area contributed by atoms with Crippen molar-refractivity contribution in [1.29, 1.82) is 0 Å². The van der Waals surface area contributed by atoms with Gasteiger partial charge >= 0.3 is 59.1 Å². The molecular formula is C28H21N9Na2O6S2. The van der Waals surface area contributed by atoms with Crippen molar-refractivity contribution in [2.45, 2.75) is 9.79 Å². The molecule has 0 aliphatic rings. The van der Waals surface area contributed by atoms with E-state index in [-0.39, 0.29) is 104 Å². The number of rotatable bonds is 8. The van der Waals surface area contributed by atoms with Crippen molar-refractivity contribution in [2.24, 2.45) is 30.7 Å². The minimum absolute atomic E-state index is 0. The molecule has 19 heteroatoms. The normalized spacial score (nSPS) is 12.0. The molecule has 0 saturated carbocycles. The fourth-order valence-corrected chi connectivity index (χ4v) is 5.26. The van der Waals surface area contributed by atoms with Crippen LogP contribution in [0.5, 0.6) is 0 Å². The number of hydrogen-bond acceptors (Lipinski definition) is 15. The fraction of sp³-hybridized carbons (Fsp3) is 0. The van der Waals surface area contributed by atoms with Gasteiger partial charge in [0, 0.05) is 10.8 Å². The molecular weight excluding hydrogens is 668 g/mol. The number of azo groups is 3. The summed E-state index contributed by atoms with van der Waals surface area (Å²) in [5.41, 5.74) is 20.0. The van der Waals surface area contributed by atoms with Gasteiger partial charge in [-0.1, -0.05) is 30.3 Å². The van der Waals surface area contributed by atoms with Crippen LogP contribution in [0.1, 0.15) is 0 Å². The molecule has 6 N–H and O–H groups in total. The van der Waals surface area contributed by atoms with Crippen LogP contribution in [0.2, 0.25) is 0 Å². The van der Waals surface area contributed by atoms with E-state index in [1.165, 1.54) is 30.3 Å². The first kappa shape index (κ1) is 37.8. The van der Waals surface area contributed by atoms with Crippen LogP contribution in [-0.2, 0) is 20.2 Å². The van der Waals surface area contributed by atoms with Crippen molar-refractivity contribution in [2.75, 3.05) is 17.2 Å². The second-order valence-electron chi connectivity index (χ2n) is 9.34. The number of benzene rings is 5. The minimum Gasteiger partial charge on any atom is -0.744 e. The van der Waals surface area contributed by atoms with Gasteiger partial charge in [0.25, 0.3) is 0 Å². The maximum Gasteiger partial charge on any atom is 1.00 e. The molecule has 5 aromatic rings. The van der Waals surface area contributed by atoms with E-state index in [4.69, 9.17) is 17.2 Å². The molecule has 0 amide bonds. The van der Waals surface area contributed by atoms with E-state index in [1.54, 1.807) is 42.5 Å². The van der Waals surface area contributed by atoms with E-state index in [2.05, 4.69) is 30.7 Å². The molecule has 0 radical (unpaired) electrons. The molecule has 228 valence electrons. The fourth-order valence-electron chi connectivity index (χ4n) is 4.05. The van der Waals surface area contributed by atoms with Crippen LogP contribution in [0.25, 0.3) is 10.8 Å². The molecule has 5 aromatic carbocycles. The maximum atomic E-state index is 11.8. The average Bonchev–Trinajstić information content (AvgIpc) is 2.99. The number of nitrogens with zero attached hydrogens (tertiary/aromatic N) is 6. The van der Waals surface area contributed by atoms with Crippen LogP contribution in [0.4, 0.5) is 51.2 Å². The summed E-state index contributed by atoms with van der Waals surface area (Å²) in [6, 6.07) is 21.6. The first-order valence-corrected chi connectivity index (χ1v) is 15.5. The van der Waals surface area contributed by atoms with Crippen molar-refractivity contribution in [3.63, 3.8) is 0 Å². The Balaban J connectivity index is 0.00000300. The standard InChI is InChI=1S/C28H23N9O6S2.2Na/c29-22-13-23(30)25(36-34-18-4-3-5-19(12-18)44(38,39)40)14-24(22)35-32-16-8-10-17(11-9-16)33-37-26-15-27(45(41,42)43)20-6-1-2-7-21(20)28(26)31;;/h1-15H,29-31H2,(H,38,39,40)(H,41,42,43);;/q;2*+1/p-2. The van der Waals surface area contributed by atoms with Crippen molar-refractivity contribution < 1.29 is 85.1 Å². The van der Waals surface area contributed by atoms with Crippen LogP contribution < -0.4 is 76.3 Å². The van der Waals surface area contributed by atoms with E-state index in [0.717, 1.165) is 18.2 Å². The molecule has 0 atom stereocenters. The third-order valence-electron chi connectivity index (χ3n) is 6.25. The Morgan fingerprint density at radius 2 is 1.00 bits per heavy atom. The van der Waals surface area contributed by atoms with Crippen LogP contribution in [0.3, 0.4) is 0 Å². The van der Waals surface area contributed by atoms with Crippen LogP contribution >= 0.6 is 0 Å². The number of hydrogen-bond donors (Lipinski definition) is 3. The smallest absolute Gasteiger partial charge is 0.744 e. The molecule has 0 heterocycles. The quantitative estimate of drug-likeness (QED) is 0.0892. The molecule has 5 rings (SSSR count). The van der Waals surface area contributed by atoms with Gasteiger partial charge in [-0.05, 0) is 60.7 Å². The first-order chi connectivity index (χ1) is 21.3. The van der Waals surface area contributed by atoms with Gasteiger partial charge in [-0.15, -0.1) is 15.3 Å². The Morgan fingerprint density at radius 3 is 1.53 bits per heavy atom. The zero-order chi connectivity index (χ0) is 32.4. The van der Waals surface area contributed by atoms with Gasteiger partial charge in [0.2, 0.25) is 0 Å². The Morgan fingerprint density at radius 1 is 0.489 bits per heavy atom. The Kier molecular flexibility index (Phi) is 12.5. The van der Waals surface area contributed by atoms with Crippen LogP contribution in [-0.4, -0.2) is 25.9 Å². The SMILES string of the molecule is Nc1cc(N)c(N=Nc2cccc(S(=O)(=O)[O-])c2)cc1N=Nc1ccc(N=Nc2cc(S(=O)(=O)[O-])c3ccccc3c2N)cc1.[Na+].[Na+]. The summed E-state index contributed by atoms with van der Waals surface area (Å²) < 4.78 is 69.3. The van der Waals surface area contributed by atoms with Gasteiger partial charge in [0.1, 0.15) is 37.3 Å². The molecule has 0 unspecified atom stereocenters. The average molecular weight is 690 g/mol. The third-order valence-corrected chi connectivity index (χ3v) is 7.96. The maximum absolute atomic E-state index is 11.8. The van der Waals surface area contributed by atoms with Gasteiger partial charge in [0.15, 0.2) is 0 Å². The number of nitrogen functional groups attached to an aromatic ring is 3. The van der Waals surface area contributed by atoms with Crippen molar-refractivity contribution in [3.8, 4) is 0 Å². The Hall–Kier alpha value is -3.62. The van der Waals surface area contributed by atoms with E-state index in [1.807, 2.05) is 0 Å². The third kappa shape index (κ3) is 9.26. The first-order valence-electron chi connectivity index (χ1n) is 12.7. The molecule has 47 heavy (non-hydrogen) atoms. The van der Waals surface area contributed by atoms with Crippen molar-refractivity contribution in [1.82, 2.24) is 0 Å². The number of anilines is 3. The second kappa shape index (κ2) is 15.5. The minimum atomic E-state index is -4.80. The Bertz CT molecular complexity index is 2270. The van der Waals surface area contributed by atoms with E-state index in [9.17, 15) is 25.9 Å². The molecule has 0 saturated heterocycles. The number of fused-ring (bicyclic) bond motifs is 1. The molecule has 0 aliphatic carbocycles. The number of nitrogens with two attached hydrogens (primary N) is 3. The molecule has 0 fully saturated rings. The van der Waals surface area contributed by atoms with Gasteiger partial charge in [-0.2, -0.15) is 15.3 Å².